The van der Waals surface area contributed by atoms with Crippen LogP contribution in [-0.2, 0) is 17.8 Å². The Morgan fingerprint density at radius 2 is 2.22 bits per heavy atom. The average molecular weight is 246 g/mol. The Morgan fingerprint density at radius 3 is 2.94 bits per heavy atom. The second kappa shape index (κ2) is 4.06. The summed E-state index contributed by atoms with van der Waals surface area (Å²) in [5.74, 6) is 1.24. The van der Waals surface area contributed by atoms with Crippen molar-refractivity contribution in [2.24, 2.45) is 0 Å². The molecule has 0 aliphatic carbocycles. The number of fused-ring (bicyclic) bond motifs is 1. The zero-order valence-electron chi connectivity index (χ0n) is 10.4. The van der Waals surface area contributed by atoms with Crippen molar-refractivity contribution in [3.05, 3.63) is 39.2 Å². The summed E-state index contributed by atoms with van der Waals surface area (Å²) in [6.45, 7) is 4.72. The third-order valence-corrected chi connectivity index (χ3v) is 3.00. The summed E-state index contributed by atoms with van der Waals surface area (Å²) in [6.07, 6.45) is 0.737. The lowest BCUT2D eigenvalue weighted by Gasteiger charge is -2.08. The number of nitrogens with one attached hydrogen (secondary N) is 1. The van der Waals surface area contributed by atoms with Gasteiger partial charge in [0.25, 0.3) is 5.56 Å². The molecule has 0 radical (unpaired) electrons. The van der Waals surface area contributed by atoms with Crippen LogP contribution >= 0.6 is 0 Å². The minimum absolute atomic E-state index is 0.0813. The number of hydrogen-bond donors (Lipinski definition) is 1. The van der Waals surface area contributed by atoms with Crippen molar-refractivity contribution < 1.29 is 4.74 Å². The molecular weight excluding hydrogens is 232 g/mol. The van der Waals surface area contributed by atoms with Crippen LogP contribution in [0.15, 0.2) is 10.9 Å². The van der Waals surface area contributed by atoms with E-state index in [4.69, 9.17) is 4.74 Å². The average Bonchev–Trinajstić information content (AvgIpc) is 2.66. The van der Waals surface area contributed by atoms with Crippen molar-refractivity contribution in [3.8, 4) is 5.82 Å². The number of aryl methyl sites for hydroxylation is 2. The van der Waals surface area contributed by atoms with Crippen LogP contribution in [0.3, 0.4) is 0 Å². The van der Waals surface area contributed by atoms with E-state index < -0.39 is 0 Å². The van der Waals surface area contributed by atoms with Crippen molar-refractivity contribution in [1.29, 1.82) is 0 Å². The summed E-state index contributed by atoms with van der Waals surface area (Å²) < 4.78 is 6.78. The normalized spacial score (nSPS) is 14.6. The Morgan fingerprint density at radius 1 is 1.39 bits per heavy atom. The van der Waals surface area contributed by atoms with E-state index >= 15 is 0 Å². The van der Waals surface area contributed by atoms with Crippen LogP contribution in [-0.4, -0.2) is 26.4 Å². The first kappa shape index (κ1) is 11.2. The fraction of sp³-hybridized carbons (Fsp3) is 0.417. The van der Waals surface area contributed by atoms with Gasteiger partial charge in [-0.25, -0.2) is 14.6 Å². The Kier molecular flexibility index (Phi) is 2.52. The molecule has 0 bridgehead atoms. The lowest BCUT2D eigenvalue weighted by atomic mass is 10.2. The fourth-order valence-corrected chi connectivity index (χ4v) is 2.19. The molecule has 0 unspecified atom stereocenters. The highest BCUT2D eigenvalue weighted by Gasteiger charge is 2.19. The van der Waals surface area contributed by atoms with Crippen LogP contribution in [0.2, 0.25) is 0 Å². The highest BCUT2D eigenvalue weighted by Crippen LogP contribution is 2.12. The van der Waals surface area contributed by atoms with Gasteiger partial charge in [0, 0.05) is 23.9 Å². The molecule has 6 nitrogen and oxygen atoms in total. The molecule has 2 aromatic rings. The van der Waals surface area contributed by atoms with E-state index in [1.165, 1.54) is 4.68 Å². The van der Waals surface area contributed by atoms with E-state index in [9.17, 15) is 4.79 Å². The van der Waals surface area contributed by atoms with Crippen LogP contribution in [0.4, 0.5) is 0 Å². The summed E-state index contributed by atoms with van der Waals surface area (Å²) in [6, 6.07) is 1.79. The largest absolute Gasteiger partial charge is 0.376 e. The summed E-state index contributed by atoms with van der Waals surface area (Å²) in [5, 5.41) is 3.11. The van der Waals surface area contributed by atoms with Gasteiger partial charge in [0.2, 0.25) is 0 Å². The number of H-pyrrole nitrogens is 1. The summed E-state index contributed by atoms with van der Waals surface area (Å²) in [5.41, 5.74) is 2.41. The van der Waals surface area contributed by atoms with Crippen LogP contribution in [0.25, 0.3) is 5.82 Å². The van der Waals surface area contributed by atoms with Crippen LogP contribution in [0.1, 0.15) is 22.8 Å². The molecule has 0 saturated carbocycles. The van der Waals surface area contributed by atoms with Gasteiger partial charge in [-0.15, -0.1) is 0 Å². The Hall–Kier alpha value is -1.95. The van der Waals surface area contributed by atoms with E-state index in [1.54, 1.807) is 6.07 Å². The maximum atomic E-state index is 12.2. The van der Waals surface area contributed by atoms with Crippen molar-refractivity contribution in [2.75, 3.05) is 6.61 Å². The molecular formula is C12H14N4O2. The summed E-state index contributed by atoms with van der Waals surface area (Å²) >= 11 is 0. The summed E-state index contributed by atoms with van der Waals surface area (Å²) in [4.78, 5) is 20.7. The van der Waals surface area contributed by atoms with Crippen molar-refractivity contribution >= 4 is 0 Å². The monoisotopic (exact) mass is 246 g/mol. The molecule has 0 amide bonds. The van der Waals surface area contributed by atoms with E-state index in [0.717, 1.165) is 17.8 Å². The Bertz CT molecular complexity index is 636. The molecule has 1 N–H and O–H groups in total. The molecule has 0 spiro atoms. The smallest absolute Gasteiger partial charge is 0.278 e. The molecule has 6 heteroatoms. The molecule has 0 atom stereocenters. The van der Waals surface area contributed by atoms with Gasteiger partial charge in [-0.3, -0.25) is 9.89 Å². The van der Waals surface area contributed by atoms with E-state index in [0.29, 0.717) is 30.4 Å². The third kappa shape index (κ3) is 1.74. The fourth-order valence-electron chi connectivity index (χ4n) is 2.19. The van der Waals surface area contributed by atoms with Gasteiger partial charge in [0.05, 0.1) is 18.8 Å². The standard InChI is InChI=1S/C12H14N4O2/c1-7-5-11(14-8(2)13-7)16-12(17)9-6-18-4-3-10(9)15-16/h5,15H,3-4,6H2,1-2H3. The molecule has 3 rings (SSSR count). The first-order chi connectivity index (χ1) is 8.65. The molecule has 94 valence electrons. The first-order valence-electron chi connectivity index (χ1n) is 5.88. The lowest BCUT2D eigenvalue weighted by molar-refractivity contribution is 0.109. The molecule has 18 heavy (non-hydrogen) atoms. The Balaban J connectivity index is 2.17. The maximum absolute atomic E-state index is 12.2. The van der Waals surface area contributed by atoms with E-state index in [1.807, 2.05) is 13.8 Å². The van der Waals surface area contributed by atoms with Gasteiger partial charge in [0.1, 0.15) is 5.82 Å². The maximum Gasteiger partial charge on any atom is 0.278 e. The van der Waals surface area contributed by atoms with Crippen LogP contribution in [0.5, 0.6) is 0 Å². The van der Waals surface area contributed by atoms with Gasteiger partial charge in [-0.2, -0.15) is 0 Å². The minimum Gasteiger partial charge on any atom is -0.376 e. The van der Waals surface area contributed by atoms with E-state index in [-0.39, 0.29) is 5.56 Å². The SMILES string of the molecule is Cc1cc(-n2[nH]c3c(c2=O)COCC3)nc(C)n1. The van der Waals surface area contributed by atoms with Gasteiger partial charge in [-0.05, 0) is 13.8 Å². The van der Waals surface area contributed by atoms with Crippen LogP contribution < -0.4 is 5.56 Å². The third-order valence-electron chi connectivity index (χ3n) is 3.00. The second-order valence-electron chi connectivity index (χ2n) is 4.43. The predicted octanol–water partition coefficient (Wildman–Crippen LogP) is 0.645. The van der Waals surface area contributed by atoms with Crippen molar-refractivity contribution in [2.45, 2.75) is 26.9 Å². The van der Waals surface area contributed by atoms with Gasteiger partial charge >= 0.3 is 0 Å². The number of ether oxygens (including phenoxy) is 1. The van der Waals surface area contributed by atoms with E-state index in [2.05, 4.69) is 15.1 Å². The Labute approximate surface area is 104 Å². The quantitative estimate of drug-likeness (QED) is 0.801. The molecule has 1 aliphatic heterocycles. The van der Waals surface area contributed by atoms with Crippen molar-refractivity contribution in [3.63, 3.8) is 0 Å². The van der Waals surface area contributed by atoms with Gasteiger partial charge in [-0.1, -0.05) is 0 Å². The molecule has 0 fully saturated rings. The van der Waals surface area contributed by atoms with Gasteiger partial charge < -0.3 is 4.74 Å². The second-order valence-corrected chi connectivity index (χ2v) is 4.43. The topological polar surface area (TPSA) is 72.8 Å². The molecule has 3 heterocycles. The zero-order chi connectivity index (χ0) is 12.7. The molecule has 0 saturated heterocycles. The molecule has 0 aromatic carbocycles. The highest BCUT2D eigenvalue weighted by molar-refractivity contribution is 5.28. The van der Waals surface area contributed by atoms with Crippen molar-refractivity contribution in [1.82, 2.24) is 19.7 Å². The molecule has 1 aliphatic rings. The number of aromatic nitrogens is 4. The number of aromatic amines is 1. The minimum atomic E-state index is -0.0813. The van der Waals surface area contributed by atoms with Crippen LogP contribution in [0, 0.1) is 13.8 Å². The number of hydrogen-bond acceptors (Lipinski definition) is 4. The first-order valence-corrected chi connectivity index (χ1v) is 5.88. The van der Waals surface area contributed by atoms with Gasteiger partial charge in [0.15, 0.2) is 5.82 Å². The number of nitrogens with zero attached hydrogens (tertiary/aromatic N) is 3. The predicted molar refractivity (Wildman–Crippen MR) is 64.8 cm³/mol. The summed E-state index contributed by atoms with van der Waals surface area (Å²) in [7, 11) is 0. The highest BCUT2D eigenvalue weighted by atomic mass is 16.5. The lowest BCUT2D eigenvalue weighted by Crippen LogP contribution is -2.20. The zero-order valence-corrected chi connectivity index (χ0v) is 10.4. The molecule has 2 aromatic heterocycles. The number of rotatable bonds is 1.